The molecule has 0 bridgehead atoms. The minimum atomic E-state index is 0.178. The quantitative estimate of drug-likeness (QED) is 0.873. The van der Waals surface area contributed by atoms with Crippen molar-refractivity contribution in [1.29, 1.82) is 0 Å². The molecule has 2 aliphatic rings. The van der Waals surface area contributed by atoms with Gasteiger partial charge in [-0.25, -0.2) is 0 Å². The molecule has 2 aromatic rings. The van der Waals surface area contributed by atoms with Crippen molar-refractivity contribution in [1.82, 2.24) is 14.8 Å². The predicted octanol–water partition coefficient (Wildman–Crippen LogP) is 2.48. The Hall–Kier alpha value is -1.81. The Morgan fingerprint density at radius 3 is 3.00 bits per heavy atom. The first-order valence-electron chi connectivity index (χ1n) is 7.92. The Kier molecular flexibility index (Phi) is 3.19. The number of nitrogens with one attached hydrogen (secondary N) is 1. The van der Waals surface area contributed by atoms with Crippen LogP contribution in [0.15, 0.2) is 30.5 Å². The van der Waals surface area contributed by atoms with Gasteiger partial charge in [0.15, 0.2) is 0 Å². The second-order valence-electron chi connectivity index (χ2n) is 6.18. The first kappa shape index (κ1) is 12.9. The van der Waals surface area contributed by atoms with Crippen LogP contribution in [0.1, 0.15) is 29.6 Å². The van der Waals surface area contributed by atoms with Crippen LogP contribution in [0.2, 0.25) is 0 Å². The highest BCUT2D eigenvalue weighted by molar-refractivity contribution is 6.06. The molecule has 0 aliphatic carbocycles. The number of para-hydroxylation sites is 1. The van der Waals surface area contributed by atoms with E-state index in [1.165, 1.54) is 25.8 Å². The standard InChI is InChI=1S/C17H21N3O/c21-17(15-11-18-16-7-2-1-6-14(15)16)20-10-9-19-8-4-3-5-13(19)12-20/h1-2,6-7,11,13,18H,3-5,8-10,12H2. The van der Waals surface area contributed by atoms with Crippen molar-refractivity contribution in [2.24, 2.45) is 0 Å². The summed E-state index contributed by atoms with van der Waals surface area (Å²) in [6, 6.07) is 8.60. The third kappa shape index (κ3) is 2.23. The number of aromatic nitrogens is 1. The van der Waals surface area contributed by atoms with E-state index >= 15 is 0 Å². The van der Waals surface area contributed by atoms with E-state index in [4.69, 9.17) is 0 Å². The molecule has 110 valence electrons. The first-order chi connectivity index (χ1) is 10.3. The zero-order valence-electron chi connectivity index (χ0n) is 12.2. The molecule has 1 N–H and O–H groups in total. The molecule has 1 aromatic heterocycles. The van der Waals surface area contributed by atoms with Crippen molar-refractivity contribution in [2.75, 3.05) is 26.2 Å². The van der Waals surface area contributed by atoms with E-state index in [0.717, 1.165) is 36.1 Å². The van der Waals surface area contributed by atoms with Gasteiger partial charge >= 0.3 is 0 Å². The molecule has 1 unspecified atom stereocenters. The van der Waals surface area contributed by atoms with Crippen LogP contribution >= 0.6 is 0 Å². The Labute approximate surface area is 124 Å². The van der Waals surface area contributed by atoms with Crippen molar-refractivity contribution < 1.29 is 4.79 Å². The minimum Gasteiger partial charge on any atom is -0.360 e. The monoisotopic (exact) mass is 283 g/mol. The van der Waals surface area contributed by atoms with Crippen molar-refractivity contribution in [3.63, 3.8) is 0 Å². The maximum atomic E-state index is 12.8. The number of fused-ring (bicyclic) bond motifs is 2. The average molecular weight is 283 g/mol. The molecule has 21 heavy (non-hydrogen) atoms. The maximum absolute atomic E-state index is 12.8. The molecule has 2 saturated heterocycles. The Morgan fingerprint density at radius 1 is 1.14 bits per heavy atom. The summed E-state index contributed by atoms with van der Waals surface area (Å²) in [6.07, 6.45) is 5.71. The van der Waals surface area contributed by atoms with Gasteiger partial charge in [0, 0.05) is 42.8 Å². The number of amides is 1. The van der Waals surface area contributed by atoms with Gasteiger partial charge in [0.05, 0.1) is 5.56 Å². The summed E-state index contributed by atoms with van der Waals surface area (Å²) < 4.78 is 0. The zero-order valence-corrected chi connectivity index (χ0v) is 12.2. The second-order valence-corrected chi connectivity index (χ2v) is 6.18. The fourth-order valence-electron chi connectivity index (χ4n) is 3.76. The molecular formula is C17H21N3O. The van der Waals surface area contributed by atoms with Gasteiger partial charge < -0.3 is 9.88 Å². The van der Waals surface area contributed by atoms with Crippen LogP contribution in [0.4, 0.5) is 0 Å². The molecule has 0 radical (unpaired) electrons. The van der Waals surface area contributed by atoms with Gasteiger partial charge in [-0.2, -0.15) is 0 Å². The number of rotatable bonds is 1. The summed E-state index contributed by atoms with van der Waals surface area (Å²) in [5.74, 6) is 0.178. The van der Waals surface area contributed by atoms with Crippen molar-refractivity contribution in [2.45, 2.75) is 25.3 Å². The molecule has 1 atom stereocenters. The van der Waals surface area contributed by atoms with Gasteiger partial charge in [0.25, 0.3) is 5.91 Å². The number of hydrogen-bond donors (Lipinski definition) is 1. The van der Waals surface area contributed by atoms with Crippen LogP contribution in [0.3, 0.4) is 0 Å². The molecule has 1 aromatic carbocycles. The van der Waals surface area contributed by atoms with E-state index in [0.29, 0.717) is 6.04 Å². The van der Waals surface area contributed by atoms with E-state index in [2.05, 4.69) is 9.88 Å². The lowest BCUT2D eigenvalue weighted by Gasteiger charge is -2.44. The smallest absolute Gasteiger partial charge is 0.256 e. The van der Waals surface area contributed by atoms with Gasteiger partial charge in [-0.1, -0.05) is 24.6 Å². The Balaban J connectivity index is 1.57. The van der Waals surface area contributed by atoms with Gasteiger partial charge in [0.2, 0.25) is 0 Å². The minimum absolute atomic E-state index is 0.178. The van der Waals surface area contributed by atoms with E-state index in [-0.39, 0.29) is 5.91 Å². The molecule has 3 heterocycles. The van der Waals surface area contributed by atoms with Crippen LogP contribution < -0.4 is 0 Å². The van der Waals surface area contributed by atoms with Crippen LogP contribution in [0.25, 0.3) is 10.9 Å². The number of carbonyl (C=O) groups excluding carboxylic acids is 1. The maximum Gasteiger partial charge on any atom is 0.256 e. The fourth-order valence-corrected chi connectivity index (χ4v) is 3.76. The number of hydrogen-bond acceptors (Lipinski definition) is 2. The molecule has 4 heteroatoms. The van der Waals surface area contributed by atoms with Gasteiger partial charge in [-0.15, -0.1) is 0 Å². The highest BCUT2D eigenvalue weighted by Gasteiger charge is 2.31. The molecule has 4 rings (SSSR count). The predicted molar refractivity (Wildman–Crippen MR) is 83.4 cm³/mol. The number of piperidine rings is 1. The summed E-state index contributed by atoms with van der Waals surface area (Å²) >= 11 is 0. The molecule has 2 aliphatic heterocycles. The first-order valence-corrected chi connectivity index (χ1v) is 7.92. The number of H-pyrrole nitrogens is 1. The zero-order chi connectivity index (χ0) is 14.2. The summed E-state index contributed by atoms with van der Waals surface area (Å²) in [5, 5.41) is 1.04. The molecule has 0 saturated carbocycles. The Morgan fingerprint density at radius 2 is 2.05 bits per heavy atom. The van der Waals surface area contributed by atoms with Crippen LogP contribution in [-0.4, -0.2) is 52.9 Å². The van der Waals surface area contributed by atoms with E-state index < -0.39 is 0 Å². The van der Waals surface area contributed by atoms with Crippen LogP contribution in [-0.2, 0) is 0 Å². The van der Waals surface area contributed by atoms with Gasteiger partial charge in [-0.3, -0.25) is 9.69 Å². The number of nitrogens with zero attached hydrogens (tertiary/aromatic N) is 2. The number of piperazine rings is 1. The number of carbonyl (C=O) groups is 1. The summed E-state index contributed by atoms with van der Waals surface area (Å²) in [6.45, 7) is 3.98. The van der Waals surface area contributed by atoms with Crippen molar-refractivity contribution in [3.8, 4) is 0 Å². The van der Waals surface area contributed by atoms with E-state index in [1.807, 2.05) is 35.4 Å². The van der Waals surface area contributed by atoms with Crippen LogP contribution in [0.5, 0.6) is 0 Å². The largest absolute Gasteiger partial charge is 0.360 e. The van der Waals surface area contributed by atoms with Crippen molar-refractivity contribution >= 4 is 16.8 Å². The number of benzene rings is 1. The summed E-state index contributed by atoms with van der Waals surface area (Å²) in [7, 11) is 0. The average Bonchev–Trinajstić information content (AvgIpc) is 2.98. The summed E-state index contributed by atoms with van der Waals surface area (Å²) in [4.78, 5) is 20.6. The Bertz CT molecular complexity index is 663. The van der Waals surface area contributed by atoms with Crippen molar-refractivity contribution in [3.05, 3.63) is 36.0 Å². The van der Waals surface area contributed by atoms with E-state index in [1.54, 1.807) is 0 Å². The third-order valence-corrected chi connectivity index (χ3v) is 4.94. The van der Waals surface area contributed by atoms with Crippen LogP contribution in [0, 0.1) is 0 Å². The van der Waals surface area contributed by atoms with Gasteiger partial charge in [-0.05, 0) is 25.5 Å². The van der Waals surface area contributed by atoms with E-state index in [9.17, 15) is 4.79 Å². The second kappa shape index (κ2) is 5.19. The molecule has 4 nitrogen and oxygen atoms in total. The molecule has 1 amide bonds. The van der Waals surface area contributed by atoms with Gasteiger partial charge in [0.1, 0.15) is 0 Å². The molecular weight excluding hydrogens is 262 g/mol. The number of aromatic amines is 1. The topological polar surface area (TPSA) is 39.3 Å². The lowest BCUT2D eigenvalue weighted by Crippen LogP contribution is -2.56. The fraction of sp³-hybridized carbons (Fsp3) is 0.471. The molecule has 2 fully saturated rings. The lowest BCUT2D eigenvalue weighted by atomic mass is 9.99. The highest BCUT2D eigenvalue weighted by Crippen LogP contribution is 2.24. The summed E-state index contributed by atoms with van der Waals surface area (Å²) in [5.41, 5.74) is 1.85. The lowest BCUT2D eigenvalue weighted by molar-refractivity contribution is 0.0374. The normalized spacial score (nSPS) is 23.2. The molecule has 0 spiro atoms. The highest BCUT2D eigenvalue weighted by atomic mass is 16.2. The SMILES string of the molecule is O=C(c1c[nH]c2ccccc12)N1CCN2CCCCC2C1. The third-order valence-electron chi connectivity index (χ3n) is 4.94.